The van der Waals surface area contributed by atoms with Gasteiger partial charge in [-0.05, 0) is 51.0 Å². The molecule has 1 amide bonds. The molecule has 0 bridgehead atoms. The van der Waals surface area contributed by atoms with Gasteiger partial charge in [0, 0.05) is 35.8 Å². The second kappa shape index (κ2) is 6.92. The number of rotatable bonds is 4. The zero-order chi connectivity index (χ0) is 19.8. The van der Waals surface area contributed by atoms with E-state index in [-0.39, 0.29) is 5.91 Å². The van der Waals surface area contributed by atoms with Crippen molar-refractivity contribution in [3.63, 3.8) is 0 Å². The van der Waals surface area contributed by atoms with Gasteiger partial charge in [-0.15, -0.1) is 0 Å². The summed E-state index contributed by atoms with van der Waals surface area (Å²) in [7, 11) is 0. The number of aromatic nitrogens is 5. The van der Waals surface area contributed by atoms with Gasteiger partial charge in [0.2, 0.25) is 0 Å². The van der Waals surface area contributed by atoms with Crippen molar-refractivity contribution < 1.29 is 4.79 Å². The topological polar surface area (TPSA) is 77.1 Å². The summed E-state index contributed by atoms with van der Waals surface area (Å²) in [6.45, 7) is 8.83. The Morgan fingerprint density at radius 1 is 1.14 bits per heavy atom. The molecule has 0 aliphatic heterocycles. The number of aryl methyl sites for hydroxylation is 3. The molecule has 1 N–H and O–H groups in total. The van der Waals surface area contributed by atoms with Gasteiger partial charge in [-0.3, -0.25) is 9.48 Å². The zero-order valence-corrected chi connectivity index (χ0v) is 16.4. The van der Waals surface area contributed by atoms with Gasteiger partial charge in [-0.1, -0.05) is 12.1 Å². The van der Waals surface area contributed by atoms with Crippen molar-refractivity contribution in [2.45, 2.75) is 34.2 Å². The summed E-state index contributed by atoms with van der Waals surface area (Å²) >= 11 is 0. The predicted octanol–water partition coefficient (Wildman–Crippen LogP) is 3.79. The van der Waals surface area contributed by atoms with E-state index in [1.807, 2.05) is 55.9 Å². The van der Waals surface area contributed by atoms with Crippen LogP contribution in [0, 0.1) is 20.8 Å². The smallest absolute Gasteiger partial charge is 0.276 e. The van der Waals surface area contributed by atoms with Crippen molar-refractivity contribution >= 4 is 17.2 Å². The lowest BCUT2D eigenvalue weighted by molar-refractivity contribution is 0.102. The number of nitrogens with one attached hydrogen (secondary N) is 1. The van der Waals surface area contributed by atoms with Gasteiger partial charge in [-0.2, -0.15) is 10.2 Å². The van der Waals surface area contributed by atoms with E-state index in [0.717, 1.165) is 40.3 Å². The number of carbonyl (C=O) groups is 1. The minimum Gasteiger partial charge on any atom is -0.320 e. The van der Waals surface area contributed by atoms with E-state index in [0.29, 0.717) is 11.3 Å². The highest BCUT2D eigenvalue weighted by Crippen LogP contribution is 2.24. The van der Waals surface area contributed by atoms with E-state index in [1.165, 1.54) is 0 Å². The van der Waals surface area contributed by atoms with Crippen molar-refractivity contribution in [2.24, 2.45) is 0 Å². The van der Waals surface area contributed by atoms with Crippen LogP contribution in [0.3, 0.4) is 0 Å². The zero-order valence-electron chi connectivity index (χ0n) is 16.4. The van der Waals surface area contributed by atoms with Crippen LogP contribution in [0.25, 0.3) is 16.9 Å². The lowest BCUT2D eigenvalue weighted by atomic mass is 10.1. The predicted molar refractivity (Wildman–Crippen MR) is 108 cm³/mol. The molecule has 7 heteroatoms. The fourth-order valence-corrected chi connectivity index (χ4v) is 3.28. The quantitative estimate of drug-likeness (QED) is 0.590. The average Bonchev–Trinajstić information content (AvgIpc) is 3.28. The highest BCUT2D eigenvalue weighted by Gasteiger charge is 2.17. The van der Waals surface area contributed by atoms with Crippen molar-refractivity contribution in [1.29, 1.82) is 0 Å². The van der Waals surface area contributed by atoms with Gasteiger partial charge in [-0.25, -0.2) is 9.50 Å². The molecule has 1 aromatic carbocycles. The molecule has 0 saturated heterocycles. The highest BCUT2D eigenvalue weighted by molar-refractivity contribution is 6.04. The minimum absolute atomic E-state index is 0.258. The molecule has 28 heavy (non-hydrogen) atoms. The number of amides is 1. The molecular weight excluding hydrogens is 352 g/mol. The van der Waals surface area contributed by atoms with E-state index in [9.17, 15) is 4.79 Å². The maximum absolute atomic E-state index is 12.8. The Kier molecular flexibility index (Phi) is 4.43. The summed E-state index contributed by atoms with van der Waals surface area (Å²) in [6.07, 6.45) is 3.55. The molecule has 0 aliphatic rings. The Labute approximate surface area is 163 Å². The molecule has 0 spiro atoms. The molecule has 4 aromatic rings. The summed E-state index contributed by atoms with van der Waals surface area (Å²) in [6, 6.07) is 9.54. The molecule has 0 atom stereocenters. The Morgan fingerprint density at radius 3 is 2.71 bits per heavy atom. The maximum atomic E-state index is 12.8. The summed E-state index contributed by atoms with van der Waals surface area (Å²) in [4.78, 5) is 17.1. The lowest BCUT2D eigenvalue weighted by Gasteiger charge is -2.08. The van der Waals surface area contributed by atoms with Gasteiger partial charge in [0.15, 0.2) is 11.3 Å². The fourth-order valence-electron chi connectivity index (χ4n) is 3.28. The number of benzene rings is 1. The second-order valence-electron chi connectivity index (χ2n) is 6.86. The molecule has 0 saturated carbocycles. The standard InChI is InChI=1S/C21H22N6O/c1-5-26-15(4)16(12-23-26)19-8-9-22-20-11-18(25-27(19)20)21(28)24-17-10-13(2)6-7-14(17)3/h6-12H,5H2,1-4H3,(H,24,28). The van der Waals surface area contributed by atoms with E-state index < -0.39 is 0 Å². The van der Waals surface area contributed by atoms with Crippen LogP contribution in [0.4, 0.5) is 5.69 Å². The van der Waals surface area contributed by atoms with E-state index in [4.69, 9.17) is 0 Å². The van der Waals surface area contributed by atoms with Crippen LogP contribution in [-0.4, -0.2) is 30.3 Å². The van der Waals surface area contributed by atoms with Gasteiger partial charge < -0.3 is 5.32 Å². The highest BCUT2D eigenvalue weighted by atomic mass is 16.1. The van der Waals surface area contributed by atoms with Crippen LogP contribution >= 0.6 is 0 Å². The third kappa shape index (κ3) is 3.05. The minimum atomic E-state index is -0.258. The number of hydrogen-bond acceptors (Lipinski definition) is 4. The van der Waals surface area contributed by atoms with E-state index in [1.54, 1.807) is 16.8 Å². The third-order valence-electron chi connectivity index (χ3n) is 4.91. The molecule has 4 rings (SSSR count). The first-order chi connectivity index (χ1) is 13.5. The number of carbonyl (C=O) groups excluding carboxylic acids is 1. The van der Waals surface area contributed by atoms with Crippen molar-refractivity contribution in [3.05, 3.63) is 65.2 Å². The van der Waals surface area contributed by atoms with Crippen LogP contribution in [0.1, 0.15) is 34.2 Å². The second-order valence-corrected chi connectivity index (χ2v) is 6.86. The Hall–Kier alpha value is -3.48. The summed E-state index contributed by atoms with van der Waals surface area (Å²) < 4.78 is 3.63. The number of anilines is 1. The number of fused-ring (bicyclic) bond motifs is 1. The summed E-state index contributed by atoms with van der Waals surface area (Å²) in [5.74, 6) is -0.258. The monoisotopic (exact) mass is 374 g/mol. The van der Waals surface area contributed by atoms with Gasteiger partial charge in [0.05, 0.1) is 11.9 Å². The molecule has 3 heterocycles. The van der Waals surface area contributed by atoms with Crippen molar-refractivity contribution in [1.82, 2.24) is 24.4 Å². The molecular formula is C21H22N6O. The normalized spacial score (nSPS) is 11.1. The average molecular weight is 374 g/mol. The van der Waals surface area contributed by atoms with Gasteiger partial charge in [0.1, 0.15) is 0 Å². The number of nitrogens with zero attached hydrogens (tertiary/aromatic N) is 5. The van der Waals surface area contributed by atoms with Gasteiger partial charge in [0.25, 0.3) is 5.91 Å². The molecule has 142 valence electrons. The first-order valence-electron chi connectivity index (χ1n) is 9.24. The molecule has 0 aliphatic carbocycles. The summed E-state index contributed by atoms with van der Waals surface area (Å²) in [5.41, 5.74) is 6.69. The molecule has 3 aromatic heterocycles. The lowest BCUT2D eigenvalue weighted by Crippen LogP contribution is -2.13. The van der Waals surface area contributed by atoms with Crippen LogP contribution < -0.4 is 5.32 Å². The van der Waals surface area contributed by atoms with Crippen LogP contribution in [0.5, 0.6) is 0 Å². The Bertz CT molecular complexity index is 1190. The molecule has 0 fully saturated rings. The first-order valence-corrected chi connectivity index (χ1v) is 9.24. The Morgan fingerprint density at radius 2 is 1.96 bits per heavy atom. The van der Waals surface area contributed by atoms with Gasteiger partial charge >= 0.3 is 0 Å². The van der Waals surface area contributed by atoms with Crippen molar-refractivity contribution in [2.75, 3.05) is 5.32 Å². The molecule has 7 nitrogen and oxygen atoms in total. The summed E-state index contributed by atoms with van der Waals surface area (Å²) in [5, 5.41) is 11.9. The van der Waals surface area contributed by atoms with E-state index in [2.05, 4.69) is 27.4 Å². The third-order valence-corrected chi connectivity index (χ3v) is 4.91. The largest absolute Gasteiger partial charge is 0.320 e. The molecule has 0 unspecified atom stereocenters. The Balaban J connectivity index is 1.73. The van der Waals surface area contributed by atoms with Crippen LogP contribution in [0.2, 0.25) is 0 Å². The first kappa shape index (κ1) is 17.9. The maximum Gasteiger partial charge on any atom is 0.276 e. The molecule has 0 radical (unpaired) electrons. The van der Waals surface area contributed by atoms with Crippen LogP contribution in [0.15, 0.2) is 42.7 Å². The van der Waals surface area contributed by atoms with Crippen LogP contribution in [-0.2, 0) is 6.54 Å². The SMILES string of the molecule is CCn1ncc(-c2ccnc3cc(C(=O)Nc4cc(C)ccc4C)nn23)c1C. The fraction of sp³-hybridized carbons (Fsp3) is 0.238. The van der Waals surface area contributed by atoms with E-state index >= 15 is 0 Å². The van der Waals surface area contributed by atoms with Crippen molar-refractivity contribution in [3.8, 4) is 11.3 Å². The number of hydrogen-bond donors (Lipinski definition) is 1.